The molecule has 148 valence electrons. The van der Waals surface area contributed by atoms with Gasteiger partial charge in [-0.1, -0.05) is 23.7 Å². The van der Waals surface area contributed by atoms with Crippen molar-refractivity contribution in [2.45, 2.75) is 6.10 Å². The van der Waals surface area contributed by atoms with Crippen LogP contribution in [0.25, 0.3) is 5.70 Å². The molecule has 6 nitrogen and oxygen atoms in total. The lowest BCUT2D eigenvalue weighted by molar-refractivity contribution is 0.0499. The van der Waals surface area contributed by atoms with E-state index in [1.165, 1.54) is 17.0 Å². The summed E-state index contributed by atoms with van der Waals surface area (Å²) in [4.78, 5) is 23.0. The summed E-state index contributed by atoms with van der Waals surface area (Å²) in [6.07, 6.45) is 1.78. The number of likely N-dealkylation sites (N-methyl/N-ethyl adjacent to an activating group) is 1. The molecule has 1 saturated heterocycles. The fraction of sp³-hybridized carbons (Fsp3) is 0.350. The Labute approximate surface area is 173 Å². The molecule has 1 atom stereocenters. The van der Waals surface area contributed by atoms with Crippen molar-refractivity contribution in [3.8, 4) is 0 Å². The molecule has 2 aliphatic heterocycles. The van der Waals surface area contributed by atoms with Gasteiger partial charge in [-0.15, -0.1) is 11.3 Å². The van der Waals surface area contributed by atoms with Gasteiger partial charge in [-0.25, -0.2) is 0 Å². The Bertz CT molecular complexity index is 859. The van der Waals surface area contributed by atoms with Crippen molar-refractivity contribution in [1.82, 2.24) is 15.7 Å². The first-order valence-corrected chi connectivity index (χ1v) is 10.5. The van der Waals surface area contributed by atoms with E-state index in [-0.39, 0.29) is 12.0 Å². The second kappa shape index (κ2) is 8.53. The number of halogens is 1. The number of nitrogens with zero attached hydrogens (tertiary/aromatic N) is 2. The standard InChI is InChI=1S/C20H23ClN4O2S/c1-24-8-10-25(11-9-24)15-4-2-14(3-5-15)17-12-16(27-23-17)13-22-20(26)18-6-7-19(21)28-18/h2-7,12,16,23H,8-11,13H2,1H3,(H,22,26). The fourth-order valence-electron chi connectivity index (χ4n) is 3.28. The number of carbonyl (C=O) groups excluding carboxylic acids is 1. The van der Waals surface area contributed by atoms with Crippen LogP contribution in [0.15, 0.2) is 42.5 Å². The van der Waals surface area contributed by atoms with Gasteiger partial charge < -0.3 is 15.1 Å². The Kier molecular flexibility index (Phi) is 5.87. The van der Waals surface area contributed by atoms with E-state index >= 15 is 0 Å². The summed E-state index contributed by atoms with van der Waals surface area (Å²) in [5.41, 5.74) is 6.20. The molecule has 0 bridgehead atoms. The minimum Gasteiger partial charge on any atom is -0.369 e. The molecule has 4 rings (SSSR count). The number of amides is 1. The summed E-state index contributed by atoms with van der Waals surface area (Å²) in [5.74, 6) is -0.140. The zero-order valence-corrected chi connectivity index (χ0v) is 17.2. The second-order valence-corrected chi connectivity index (χ2v) is 8.70. The van der Waals surface area contributed by atoms with Crippen molar-refractivity contribution in [3.63, 3.8) is 0 Å². The molecule has 2 aromatic rings. The van der Waals surface area contributed by atoms with Gasteiger partial charge in [0.05, 0.1) is 21.5 Å². The van der Waals surface area contributed by atoms with Crippen molar-refractivity contribution in [1.29, 1.82) is 0 Å². The molecule has 1 aromatic carbocycles. The van der Waals surface area contributed by atoms with Gasteiger partial charge in [0.25, 0.3) is 5.91 Å². The third-order valence-corrected chi connectivity index (χ3v) is 6.21. The summed E-state index contributed by atoms with van der Waals surface area (Å²) in [6.45, 7) is 4.68. The molecule has 0 radical (unpaired) electrons. The molecule has 3 heterocycles. The quantitative estimate of drug-likeness (QED) is 0.782. The number of anilines is 1. The van der Waals surface area contributed by atoms with Crippen LogP contribution in [0.1, 0.15) is 15.2 Å². The highest BCUT2D eigenvalue weighted by atomic mass is 35.5. The van der Waals surface area contributed by atoms with Gasteiger partial charge >= 0.3 is 0 Å². The van der Waals surface area contributed by atoms with Crippen LogP contribution in [0.5, 0.6) is 0 Å². The van der Waals surface area contributed by atoms with E-state index in [0.717, 1.165) is 37.4 Å². The Hall–Kier alpha value is -2.06. The molecule has 1 fully saturated rings. The molecule has 1 unspecified atom stereocenters. The SMILES string of the molecule is CN1CCN(c2ccc(C3=CC(CNC(=O)c4ccc(Cl)s4)ON3)cc2)CC1. The van der Waals surface area contributed by atoms with Gasteiger partial charge in [0.15, 0.2) is 0 Å². The first-order chi connectivity index (χ1) is 13.6. The molecule has 1 aromatic heterocycles. The average Bonchev–Trinajstić information content (AvgIpc) is 3.36. The number of thiophene rings is 1. The van der Waals surface area contributed by atoms with Gasteiger partial charge in [-0.2, -0.15) is 0 Å². The monoisotopic (exact) mass is 418 g/mol. The van der Waals surface area contributed by atoms with Crippen LogP contribution in [0.3, 0.4) is 0 Å². The smallest absolute Gasteiger partial charge is 0.261 e. The van der Waals surface area contributed by atoms with E-state index in [9.17, 15) is 4.79 Å². The number of piperazine rings is 1. The van der Waals surface area contributed by atoms with E-state index in [1.807, 2.05) is 6.08 Å². The largest absolute Gasteiger partial charge is 0.369 e. The topological polar surface area (TPSA) is 56.8 Å². The molecule has 0 aliphatic carbocycles. The van der Waals surface area contributed by atoms with E-state index in [1.54, 1.807) is 12.1 Å². The maximum atomic E-state index is 12.1. The Balaban J connectivity index is 1.33. The number of rotatable bonds is 5. The zero-order chi connectivity index (χ0) is 19.5. The van der Waals surface area contributed by atoms with Crippen LogP contribution in [-0.2, 0) is 4.84 Å². The number of benzene rings is 1. The zero-order valence-electron chi connectivity index (χ0n) is 15.7. The summed E-state index contributed by atoms with van der Waals surface area (Å²) in [5, 5.41) is 2.87. The van der Waals surface area contributed by atoms with Gasteiger partial charge in [0.1, 0.15) is 6.10 Å². The van der Waals surface area contributed by atoms with Crippen LogP contribution < -0.4 is 15.7 Å². The van der Waals surface area contributed by atoms with Crippen molar-refractivity contribution in [3.05, 3.63) is 57.3 Å². The molecule has 2 N–H and O–H groups in total. The third kappa shape index (κ3) is 4.50. The van der Waals surface area contributed by atoms with Crippen LogP contribution in [0.4, 0.5) is 5.69 Å². The highest BCUT2D eigenvalue weighted by Gasteiger charge is 2.20. The number of hydroxylamine groups is 1. The maximum absolute atomic E-state index is 12.1. The number of hydrogen-bond donors (Lipinski definition) is 2. The van der Waals surface area contributed by atoms with Gasteiger partial charge in [0, 0.05) is 31.9 Å². The Morgan fingerprint density at radius 3 is 2.64 bits per heavy atom. The van der Waals surface area contributed by atoms with E-state index in [4.69, 9.17) is 16.4 Å². The molecule has 2 aliphatic rings. The van der Waals surface area contributed by atoms with Gasteiger partial charge in [-0.3, -0.25) is 15.1 Å². The fourth-order valence-corrected chi connectivity index (χ4v) is 4.24. The summed E-state index contributed by atoms with van der Waals surface area (Å²) in [6, 6.07) is 11.9. The summed E-state index contributed by atoms with van der Waals surface area (Å²) >= 11 is 7.14. The normalized spacial score (nSPS) is 20.0. The molecule has 28 heavy (non-hydrogen) atoms. The van der Waals surface area contributed by atoms with E-state index in [2.05, 4.69) is 51.9 Å². The summed E-state index contributed by atoms with van der Waals surface area (Å²) in [7, 11) is 2.16. The molecule has 1 amide bonds. The van der Waals surface area contributed by atoms with Crippen LogP contribution in [-0.4, -0.2) is 56.7 Å². The molecule has 0 saturated carbocycles. The van der Waals surface area contributed by atoms with Gasteiger partial charge in [-0.05, 0) is 43.0 Å². The van der Waals surface area contributed by atoms with Crippen LogP contribution in [0, 0.1) is 0 Å². The lowest BCUT2D eigenvalue weighted by atomic mass is 10.1. The van der Waals surface area contributed by atoms with Crippen molar-refractivity contribution in [2.24, 2.45) is 0 Å². The van der Waals surface area contributed by atoms with Crippen LogP contribution >= 0.6 is 22.9 Å². The van der Waals surface area contributed by atoms with Crippen molar-refractivity contribution >= 4 is 40.2 Å². The predicted molar refractivity (Wildman–Crippen MR) is 114 cm³/mol. The van der Waals surface area contributed by atoms with Crippen molar-refractivity contribution < 1.29 is 9.63 Å². The van der Waals surface area contributed by atoms with E-state index in [0.29, 0.717) is 15.8 Å². The first-order valence-electron chi connectivity index (χ1n) is 9.29. The van der Waals surface area contributed by atoms with Gasteiger partial charge in [0.2, 0.25) is 0 Å². The van der Waals surface area contributed by atoms with E-state index < -0.39 is 0 Å². The minimum atomic E-state index is -0.216. The van der Waals surface area contributed by atoms with Crippen molar-refractivity contribution in [2.75, 3.05) is 44.7 Å². The number of carbonyl (C=O) groups is 1. The highest BCUT2D eigenvalue weighted by Crippen LogP contribution is 2.23. The minimum absolute atomic E-state index is 0.140. The maximum Gasteiger partial charge on any atom is 0.261 e. The first kappa shape index (κ1) is 19.3. The average molecular weight is 419 g/mol. The Morgan fingerprint density at radius 2 is 1.96 bits per heavy atom. The van der Waals surface area contributed by atoms with Crippen LogP contribution in [0.2, 0.25) is 4.34 Å². The lowest BCUT2D eigenvalue weighted by Crippen LogP contribution is -2.44. The molecule has 8 heteroatoms. The second-order valence-electron chi connectivity index (χ2n) is 6.99. The number of nitrogens with one attached hydrogen (secondary N) is 2. The lowest BCUT2D eigenvalue weighted by Gasteiger charge is -2.34. The molecular formula is C20H23ClN4O2S. The number of hydrogen-bond acceptors (Lipinski definition) is 6. The Morgan fingerprint density at radius 1 is 1.21 bits per heavy atom. The molecular weight excluding hydrogens is 396 g/mol. The molecule has 0 spiro atoms. The highest BCUT2D eigenvalue weighted by molar-refractivity contribution is 7.17. The predicted octanol–water partition coefficient (Wildman–Crippen LogP) is 2.83. The third-order valence-electron chi connectivity index (χ3n) is 4.98. The summed E-state index contributed by atoms with van der Waals surface area (Å²) < 4.78 is 0.603.